The van der Waals surface area contributed by atoms with E-state index >= 15 is 0 Å². The number of aryl methyl sites for hydroxylation is 1. The third kappa shape index (κ3) is 3.07. The minimum atomic E-state index is -0.0360. The Balaban J connectivity index is 1.95. The number of hydrogen-bond acceptors (Lipinski definition) is 4. The molecule has 1 saturated heterocycles. The second-order valence-electron chi connectivity index (χ2n) is 5.93. The van der Waals surface area contributed by atoms with E-state index in [2.05, 4.69) is 4.98 Å². The van der Waals surface area contributed by atoms with Crippen molar-refractivity contribution in [1.82, 2.24) is 9.88 Å². The van der Waals surface area contributed by atoms with Crippen molar-refractivity contribution in [2.45, 2.75) is 25.8 Å². The SMILES string of the molecule is COc1ccc(OC)c([C@H]2CCCN2C(=O)c2cccc(C)n2)c1. The molecule has 1 aliphatic rings. The number of likely N-dealkylation sites (tertiary alicyclic amines) is 1. The van der Waals surface area contributed by atoms with Crippen LogP contribution in [0.4, 0.5) is 0 Å². The van der Waals surface area contributed by atoms with E-state index in [9.17, 15) is 4.79 Å². The Bertz CT molecular complexity index is 745. The summed E-state index contributed by atoms with van der Waals surface area (Å²) in [6, 6.07) is 11.2. The monoisotopic (exact) mass is 326 g/mol. The van der Waals surface area contributed by atoms with E-state index in [4.69, 9.17) is 9.47 Å². The van der Waals surface area contributed by atoms with E-state index in [1.54, 1.807) is 20.3 Å². The van der Waals surface area contributed by atoms with Crippen LogP contribution in [0.5, 0.6) is 11.5 Å². The normalized spacial score (nSPS) is 17.0. The van der Waals surface area contributed by atoms with Crippen molar-refractivity contribution in [3.05, 3.63) is 53.3 Å². The molecule has 1 amide bonds. The number of benzene rings is 1. The molecule has 2 heterocycles. The first-order valence-corrected chi connectivity index (χ1v) is 8.10. The molecule has 5 nitrogen and oxygen atoms in total. The molecule has 1 fully saturated rings. The van der Waals surface area contributed by atoms with Gasteiger partial charge in [0.1, 0.15) is 17.2 Å². The van der Waals surface area contributed by atoms with Gasteiger partial charge in [-0.3, -0.25) is 4.79 Å². The molecule has 1 aromatic heterocycles. The molecule has 126 valence electrons. The lowest BCUT2D eigenvalue weighted by Crippen LogP contribution is -2.31. The number of amides is 1. The van der Waals surface area contributed by atoms with Crippen LogP contribution in [0.25, 0.3) is 0 Å². The molecule has 0 N–H and O–H groups in total. The average Bonchev–Trinajstić information content (AvgIpc) is 3.10. The van der Waals surface area contributed by atoms with Crippen LogP contribution in [0, 0.1) is 6.92 Å². The Morgan fingerprint density at radius 2 is 2.04 bits per heavy atom. The highest BCUT2D eigenvalue weighted by Crippen LogP contribution is 2.39. The number of carbonyl (C=O) groups is 1. The van der Waals surface area contributed by atoms with Gasteiger partial charge in [-0.2, -0.15) is 0 Å². The van der Waals surface area contributed by atoms with Crippen LogP contribution in [0.15, 0.2) is 36.4 Å². The van der Waals surface area contributed by atoms with Gasteiger partial charge in [0.05, 0.1) is 20.3 Å². The third-order valence-corrected chi connectivity index (χ3v) is 4.42. The summed E-state index contributed by atoms with van der Waals surface area (Å²) in [5.74, 6) is 1.50. The summed E-state index contributed by atoms with van der Waals surface area (Å²) < 4.78 is 10.8. The topological polar surface area (TPSA) is 51.7 Å². The van der Waals surface area contributed by atoms with Gasteiger partial charge < -0.3 is 14.4 Å². The van der Waals surface area contributed by atoms with Gasteiger partial charge in [0.25, 0.3) is 5.91 Å². The first-order chi connectivity index (χ1) is 11.6. The molecule has 0 saturated carbocycles. The largest absolute Gasteiger partial charge is 0.497 e. The molecule has 0 unspecified atom stereocenters. The fourth-order valence-electron chi connectivity index (χ4n) is 3.24. The van der Waals surface area contributed by atoms with Gasteiger partial charge in [0.15, 0.2) is 0 Å². The maximum absolute atomic E-state index is 12.9. The van der Waals surface area contributed by atoms with E-state index in [1.807, 2.05) is 42.2 Å². The second kappa shape index (κ2) is 6.91. The molecule has 1 atom stereocenters. The molecule has 0 aliphatic carbocycles. The lowest BCUT2D eigenvalue weighted by atomic mass is 10.0. The van der Waals surface area contributed by atoms with Gasteiger partial charge in [-0.15, -0.1) is 0 Å². The van der Waals surface area contributed by atoms with Crippen LogP contribution < -0.4 is 9.47 Å². The molecule has 0 bridgehead atoms. The summed E-state index contributed by atoms with van der Waals surface area (Å²) in [5, 5.41) is 0. The maximum atomic E-state index is 12.9. The summed E-state index contributed by atoms with van der Waals surface area (Å²) in [6.45, 7) is 2.61. The molecular weight excluding hydrogens is 304 g/mol. The van der Waals surface area contributed by atoms with Gasteiger partial charge in [-0.1, -0.05) is 6.07 Å². The number of nitrogens with zero attached hydrogens (tertiary/aromatic N) is 2. The zero-order chi connectivity index (χ0) is 17.1. The van der Waals surface area contributed by atoms with Crippen LogP contribution in [-0.2, 0) is 0 Å². The summed E-state index contributed by atoms with van der Waals surface area (Å²) in [5.41, 5.74) is 2.31. The van der Waals surface area contributed by atoms with Crippen molar-refractivity contribution in [3.63, 3.8) is 0 Å². The zero-order valence-electron chi connectivity index (χ0n) is 14.3. The number of ether oxygens (including phenoxy) is 2. The first kappa shape index (κ1) is 16.3. The highest BCUT2D eigenvalue weighted by Gasteiger charge is 2.33. The minimum Gasteiger partial charge on any atom is -0.497 e. The van der Waals surface area contributed by atoms with E-state index in [0.29, 0.717) is 5.69 Å². The van der Waals surface area contributed by atoms with Crippen molar-refractivity contribution >= 4 is 5.91 Å². The van der Waals surface area contributed by atoms with Crippen LogP contribution in [0.2, 0.25) is 0 Å². The second-order valence-corrected chi connectivity index (χ2v) is 5.93. The van der Waals surface area contributed by atoms with Gasteiger partial charge in [-0.05, 0) is 50.1 Å². The predicted molar refractivity (Wildman–Crippen MR) is 91.5 cm³/mol. The fourth-order valence-corrected chi connectivity index (χ4v) is 3.24. The Labute approximate surface area is 142 Å². The molecule has 1 aliphatic heterocycles. The van der Waals surface area contributed by atoms with Crippen molar-refractivity contribution in [2.75, 3.05) is 20.8 Å². The fraction of sp³-hybridized carbons (Fsp3) is 0.368. The standard InChI is InChI=1S/C19H22N2O3/c1-13-6-4-7-16(20-13)19(22)21-11-5-8-17(21)15-12-14(23-2)9-10-18(15)24-3/h4,6-7,9-10,12,17H,5,8,11H2,1-3H3/t17-/m1/s1. The van der Waals surface area contributed by atoms with Crippen molar-refractivity contribution in [3.8, 4) is 11.5 Å². The van der Waals surface area contributed by atoms with Gasteiger partial charge >= 0.3 is 0 Å². The highest BCUT2D eigenvalue weighted by molar-refractivity contribution is 5.92. The Morgan fingerprint density at radius 3 is 2.75 bits per heavy atom. The van der Waals surface area contributed by atoms with E-state index in [1.165, 1.54) is 0 Å². The van der Waals surface area contributed by atoms with Crippen LogP contribution in [-0.4, -0.2) is 36.6 Å². The number of pyridine rings is 1. The number of methoxy groups -OCH3 is 2. The molecular formula is C19H22N2O3. The molecule has 1 aromatic carbocycles. The molecule has 2 aromatic rings. The Kier molecular flexibility index (Phi) is 4.69. The predicted octanol–water partition coefficient (Wildman–Crippen LogP) is 3.38. The van der Waals surface area contributed by atoms with E-state index in [-0.39, 0.29) is 11.9 Å². The smallest absolute Gasteiger partial charge is 0.272 e. The Hall–Kier alpha value is -2.56. The lowest BCUT2D eigenvalue weighted by Gasteiger charge is -2.26. The number of hydrogen-bond donors (Lipinski definition) is 0. The molecule has 0 spiro atoms. The zero-order valence-corrected chi connectivity index (χ0v) is 14.3. The van der Waals surface area contributed by atoms with Gasteiger partial charge in [-0.25, -0.2) is 4.98 Å². The van der Waals surface area contributed by atoms with Crippen molar-refractivity contribution in [1.29, 1.82) is 0 Å². The van der Waals surface area contributed by atoms with Crippen molar-refractivity contribution in [2.24, 2.45) is 0 Å². The first-order valence-electron chi connectivity index (χ1n) is 8.10. The summed E-state index contributed by atoms with van der Waals surface area (Å²) in [6.07, 6.45) is 1.86. The number of aromatic nitrogens is 1. The van der Waals surface area contributed by atoms with E-state index < -0.39 is 0 Å². The lowest BCUT2D eigenvalue weighted by molar-refractivity contribution is 0.0727. The van der Waals surface area contributed by atoms with Crippen LogP contribution >= 0.6 is 0 Å². The Morgan fingerprint density at radius 1 is 1.21 bits per heavy atom. The van der Waals surface area contributed by atoms with Gasteiger partial charge in [0, 0.05) is 17.8 Å². The molecule has 24 heavy (non-hydrogen) atoms. The van der Waals surface area contributed by atoms with Crippen LogP contribution in [0.3, 0.4) is 0 Å². The molecule has 3 rings (SSSR count). The molecule has 5 heteroatoms. The average molecular weight is 326 g/mol. The minimum absolute atomic E-state index is 0.0233. The van der Waals surface area contributed by atoms with Gasteiger partial charge in [0.2, 0.25) is 0 Å². The maximum Gasteiger partial charge on any atom is 0.272 e. The number of rotatable bonds is 4. The van der Waals surface area contributed by atoms with Crippen molar-refractivity contribution < 1.29 is 14.3 Å². The van der Waals surface area contributed by atoms with Crippen LogP contribution in [0.1, 0.15) is 40.6 Å². The number of carbonyl (C=O) groups excluding carboxylic acids is 1. The summed E-state index contributed by atoms with van der Waals surface area (Å²) in [7, 11) is 3.29. The van der Waals surface area contributed by atoms with E-state index in [0.717, 1.165) is 42.1 Å². The molecule has 0 radical (unpaired) electrons. The summed E-state index contributed by atoms with van der Waals surface area (Å²) >= 11 is 0. The summed E-state index contributed by atoms with van der Waals surface area (Å²) in [4.78, 5) is 19.2. The highest BCUT2D eigenvalue weighted by atomic mass is 16.5. The third-order valence-electron chi connectivity index (χ3n) is 4.42. The quantitative estimate of drug-likeness (QED) is 0.864.